The summed E-state index contributed by atoms with van der Waals surface area (Å²) < 4.78 is 11.6. The lowest BCUT2D eigenvalue weighted by atomic mass is 10.1. The topological polar surface area (TPSA) is 67.9 Å². The van der Waals surface area contributed by atoms with Crippen LogP contribution >= 0.6 is 23.2 Å². The van der Waals surface area contributed by atoms with Crippen molar-refractivity contribution in [2.24, 2.45) is 0 Å². The molecule has 3 aromatic rings. The van der Waals surface area contributed by atoms with Crippen molar-refractivity contribution < 1.29 is 19.1 Å². The van der Waals surface area contributed by atoms with E-state index in [1.54, 1.807) is 30.3 Å². The zero-order valence-corrected chi connectivity index (χ0v) is 19.2. The fourth-order valence-corrected chi connectivity index (χ4v) is 3.89. The summed E-state index contributed by atoms with van der Waals surface area (Å²) in [5.41, 5.74) is 4.49. The van der Waals surface area contributed by atoms with Gasteiger partial charge in [0.05, 0.1) is 10.7 Å². The Kier molecular flexibility index (Phi) is 6.87. The highest BCUT2D eigenvalue weighted by Crippen LogP contribution is 2.35. The van der Waals surface area contributed by atoms with Gasteiger partial charge in [0.2, 0.25) is 0 Å². The van der Waals surface area contributed by atoms with Crippen LogP contribution in [-0.4, -0.2) is 25.0 Å². The van der Waals surface area contributed by atoms with Crippen molar-refractivity contribution in [1.82, 2.24) is 5.43 Å². The number of ether oxygens (including phenoxy) is 2. The maximum atomic E-state index is 12.9. The van der Waals surface area contributed by atoms with Gasteiger partial charge in [-0.05, 0) is 48.9 Å². The van der Waals surface area contributed by atoms with Crippen LogP contribution in [0.15, 0.2) is 72.3 Å². The summed E-state index contributed by atoms with van der Waals surface area (Å²) in [5, 5.41) is 1.80. The Morgan fingerprint density at radius 3 is 2.39 bits per heavy atom. The number of anilines is 1. The Morgan fingerprint density at radius 1 is 0.939 bits per heavy atom. The molecule has 0 saturated carbocycles. The molecule has 0 aromatic heterocycles. The number of halogens is 2. The Bertz CT molecular complexity index is 1230. The highest BCUT2D eigenvalue weighted by molar-refractivity contribution is 6.36. The molecule has 1 aliphatic heterocycles. The van der Waals surface area contributed by atoms with Gasteiger partial charge in [-0.2, -0.15) is 0 Å². The van der Waals surface area contributed by atoms with Crippen LogP contribution in [0.3, 0.4) is 0 Å². The lowest BCUT2D eigenvalue weighted by Crippen LogP contribution is -2.35. The quantitative estimate of drug-likeness (QED) is 0.284. The van der Waals surface area contributed by atoms with Crippen LogP contribution in [0.25, 0.3) is 6.08 Å². The number of hydrogen-bond acceptors (Lipinski definition) is 4. The van der Waals surface area contributed by atoms with Gasteiger partial charge in [-0.25, -0.2) is 5.01 Å². The van der Waals surface area contributed by atoms with E-state index in [0.717, 1.165) is 11.3 Å². The average Bonchev–Trinajstić information content (AvgIpc) is 3.08. The Labute approximate surface area is 201 Å². The first-order valence-electron chi connectivity index (χ1n) is 10.2. The predicted molar refractivity (Wildman–Crippen MR) is 129 cm³/mol. The molecular formula is C25H20Cl2N2O4. The van der Waals surface area contributed by atoms with Gasteiger partial charge in [0.25, 0.3) is 11.8 Å². The minimum absolute atomic E-state index is 0.0572. The molecule has 3 aromatic carbocycles. The first-order valence-corrected chi connectivity index (χ1v) is 10.9. The number of para-hydroxylation sites is 2. The van der Waals surface area contributed by atoms with Gasteiger partial charge in [-0.1, -0.05) is 59.6 Å². The van der Waals surface area contributed by atoms with Gasteiger partial charge in [0.15, 0.2) is 0 Å². The maximum absolute atomic E-state index is 12.9. The molecule has 1 fully saturated rings. The van der Waals surface area contributed by atoms with Gasteiger partial charge in [-0.3, -0.25) is 15.0 Å². The van der Waals surface area contributed by atoms with Crippen LogP contribution in [0.2, 0.25) is 10.0 Å². The van der Waals surface area contributed by atoms with Gasteiger partial charge in [0.1, 0.15) is 30.3 Å². The van der Waals surface area contributed by atoms with Crippen LogP contribution in [0.1, 0.15) is 11.1 Å². The largest absolute Gasteiger partial charge is 0.490 e. The van der Waals surface area contributed by atoms with Crippen molar-refractivity contribution in [2.45, 2.75) is 6.92 Å². The van der Waals surface area contributed by atoms with E-state index in [1.807, 2.05) is 37.3 Å². The number of aryl methyl sites for hydroxylation is 1. The smallest absolute Gasteiger partial charge is 0.282 e. The maximum Gasteiger partial charge on any atom is 0.282 e. The molecule has 0 unspecified atom stereocenters. The molecule has 1 N–H and O–H groups in total. The van der Waals surface area contributed by atoms with Crippen molar-refractivity contribution in [3.8, 4) is 11.5 Å². The number of rotatable bonds is 7. The number of benzene rings is 3. The predicted octanol–water partition coefficient (Wildman–Crippen LogP) is 5.22. The lowest BCUT2D eigenvalue weighted by Gasteiger charge is -2.14. The number of hydrazine groups is 1. The molecule has 0 atom stereocenters. The molecule has 8 heteroatoms. The molecule has 0 spiro atoms. The second kappa shape index (κ2) is 9.98. The normalized spacial score (nSPS) is 14.5. The molecule has 1 aliphatic rings. The molecular weight excluding hydrogens is 463 g/mol. The lowest BCUT2D eigenvalue weighted by molar-refractivity contribution is -0.117. The SMILES string of the molecule is Cc1ccccc1OCCOc1c(Cl)cc(Cl)cc1/C=C1\C(=O)NN(c2ccccc2)C1=O. The summed E-state index contributed by atoms with van der Waals surface area (Å²) in [5.74, 6) is 0.0468. The Hall–Kier alpha value is -3.48. The van der Waals surface area contributed by atoms with Crippen molar-refractivity contribution in [2.75, 3.05) is 18.2 Å². The molecule has 1 heterocycles. The Morgan fingerprint density at radius 2 is 1.64 bits per heavy atom. The summed E-state index contributed by atoms with van der Waals surface area (Å²) in [6.45, 7) is 2.43. The number of hydrogen-bond donors (Lipinski definition) is 1. The monoisotopic (exact) mass is 482 g/mol. The molecule has 2 amide bonds. The van der Waals surface area contributed by atoms with Crippen molar-refractivity contribution in [3.63, 3.8) is 0 Å². The minimum atomic E-state index is -0.534. The molecule has 4 rings (SSSR count). The summed E-state index contributed by atoms with van der Waals surface area (Å²) in [4.78, 5) is 25.4. The summed E-state index contributed by atoms with van der Waals surface area (Å²) in [6, 6.07) is 19.6. The van der Waals surface area contributed by atoms with E-state index in [9.17, 15) is 9.59 Å². The number of nitrogens with zero attached hydrogens (tertiary/aromatic N) is 1. The van der Waals surface area contributed by atoms with E-state index in [1.165, 1.54) is 17.2 Å². The van der Waals surface area contributed by atoms with Crippen LogP contribution in [0.5, 0.6) is 11.5 Å². The summed E-state index contributed by atoms with van der Waals surface area (Å²) in [6.07, 6.45) is 1.43. The van der Waals surface area contributed by atoms with Gasteiger partial charge < -0.3 is 9.47 Å². The van der Waals surface area contributed by atoms with Gasteiger partial charge in [0, 0.05) is 10.6 Å². The van der Waals surface area contributed by atoms with Crippen molar-refractivity contribution in [3.05, 3.63) is 93.5 Å². The number of carbonyl (C=O) groups is 2. The summed E-state index contributed by atoms with van der Waals surface area (Å²) in [7, 11) is 0. The highest BCUT2D eigenvalue weighted by atomic mass is 35.5. The molecule has 0 bridgehead atoms. The summed E-state index contributed by atoms with van der Waals surface area (Å²) >= 11 is 12.5. The number of carbonyl (C=O) groups excluding carboxylic acids is 2. The van der Waals surface area contributed by atoms with Crippen LogP contribution in [0, 0.1) is 6.92 Å². The second-order valence-electron chi connectivity index (χ2n) is 7.24. The average molecular weight is 483 g/mol. The number of nitrogens with one attached hydrogen (secondary N) is 1. The first kappa shape index (κ1) is 22.7. The van der Waals surface area contributed by atoms with E-state index in [0.29, 0.717) is 22.0 Å². The molecule has 1 saturated heterocycles. The van der Waals surface area contributed by atoms with Crippen molar-refractivity contribution >= 4 is 46.8 Å². The zero-order valence-electron chi connectivity index (χ0n) is 17.7. The standard InChI is InChI=1S/C25H20Cl2N2O4/c1-16-7-5-6-10-22(16)32-11-12-33-23-17(13-18(26)15-21(23)27)14-20-24(30)28-29(25(20)31)19-8-3-2-4-9-19/h2-10,13-15H,11-12H2,1H3,(H,28,30)/b20-14+. The molecule has 33 heavy (non-hydrogen) atoms. The third-order valence-corrected chi connectivity index (χ3v) is 5.42. The fourth-order valence-electron chi connectivity index (χ4n) is 3.33. The third-order valence-electron chi connectivity index (χ3n) is 4.92. The fraction of sp³-hybridized carbons (Fsp3) is 0.120. The molecule has 0 aliphatic carbocycles. The second-order valence-corrected chi connectivity index (χ2v) is 8.09. The zero-order chi connectivity index (χ0) is 23.4. The molecule has 168 valence electrons. The van der Waals surface area contributed by atoms with E-state index in [4.69, 9.17) is 32.7 Å². The Balaban J connectivity index is 1.54. The number of amides is 2. The van der Waals surface area contributed by atoms with Crippen LogP contribution in [0.4, 0.5) is 5.69 Å². The molecule has 0 radical (unpaired) electrons. The molecule has 6 nitrogen and oxygen atoms in total. The van der Waals surface area contributed by atoms with E-state index < -0.39 is 11.8 Å². The van der Waals surface area contributed by atoms with E-state index in [-0.39, 0.29) is 23.8 Å². The van der Waals surface area contributed by atoms with Gasteiger partial charge >= 0.3 is 0 Å². The van der Waals surface area contributed by atoms with Gasteiger partial charge in [-0.15, -0.1) is 0 Å². The van der Waals surface area contributed by atoms with E-state index >= 15 is 0 Å². The van der Waals surface area contributed by atoms with Crippen molar-refractivity contribution in [1.29, 1.82) is 0 Å². The van der Waals surface area contributed by atoms with Crippen LogP contribution < -0.4 is 19.9 Å². The van der Waals surface area contributed by atoms with Crippen LogP contribution in [-0.2, 0) is 9.59 Å². The third kappa shape index (κ3) is 5.13. The van der Waals surface area contributed by atoms with E-state index in [2.05, 4.69) is 5.43 Å². The first-order chi connectivity index (χ1) is 15.9. The highest BCUT2D eigenvalue weighted by Gasteiger charge is 2.34. The minimum Gasteiger partial charge on any atom is -0.490 e.